The van der Waals surface area contributed by atoms with Crippen LogP contribution in [0.25, 0.3) is 0 Å². The van der Waals surface area contributed by atoms with Gasteiger partial charge in [-0.15, -0.1) is 0 Å². The Balaban J connectivity index is 3.89. The molecule has 0 amide bonds. The van der Waals surface area contributed by atoms with Crippen LogP contribution in [0.1, 0.15) is 0 Å². The molecule has 0 saturated carbocycles. The van der Waals surface area contributed by atoms with E-state index < -0.39 is 13.3 Å². The summed E-state index contributed by atoms with van der Waals surface area (Å²) >= 11 is 12.5. The van der Waals surface area contributed by atoms with E-state index in [9.17, 15) is 4.39 Å². The lowest BCUT2D eigenvalue weighted by molar-refractivity contribution is 0.603. The summed E-state index contributed by atoms with van der Waals surface area (Å²) in [5, 5.41) is 0. The molecule has 0 aromatic rings. The fourth-order valence-corrected chi connectivity index (χ4v) is 0.220. The maximum atomic E-state index is 11.5. The van der Waals surface area contributed by atoms with Gasteiger partial charge in [0.05, 0.1) is 0 Å². The quantitative estimate of drug-likeness (QED) is 0.590. The third-order valence-corrected chi connectivity index (χ3v) is 3.56. The lowest BCUT2D eigenvalue weighted by Gasteiger charge is -1.97. The Labute approximate surface area is 57.2 Å². The molecule has 6 heteroatoms. The van der Waals surface area contributed by atoms with E-state index >= 15 is 0 Å². The molecule has 0 heterocycles. The molecule has 0 radical (unpaired) electrons. The van der Waals surface area contributed by atoms with E-state index in [4.69, 9.17) is 0 Å². The van der Waals surface area contributed by atoms with Gasteiger partial charge in [0.15, 0.2) is 6.01 Å². The summed E-state index contributed by atoms with van der Waals surface area (Å²) in [5.41, 5.74) is 0. The van der Waals surface area contributed by atoms with Crippen LogP contribution in [-0.2, 0) is 29.7 Å². The molecule has 0 rings (SSSR count). The highest BCUT2D eigenvalue weighted by atomic mass is 33.1. The number of hydrogen-bond acceptors (Lipinski definition) is 3. The highest BCUT2D eigenvalue weighted by Crippen LogP contribution is 1.85. The molecule has 0 aromatic carbocycles. The summed E-state index contributed by atoms with van der Waals surface area (Å²) in [6.07, 6.45) is 0. The van der Waals surface area contributed by atoms with E-state index in [1.165, 1.54) is 0 Å². The van der Waals surface area contributed by atoms with Gasteiger partial charge in [-0.05, 0) is 22.4 Å². The molecule has 1 nitrogen and oxygen atoms in total. The lowest BCUT2D eigenvalue weighted by Crippen LogP contribution is -2.11. The van der Waals surface area contributed by atoms with Gasteiger partial charge in [-0.1, -0.05) is 12.8 Å². The van der Waals surface area contributed by atoms with Gasteiger partial charge in [-0.3, -0.25) is 0 Å². The molecule has 0 aromatic heterocycles. The van der Waals surface area contributed by atoms with Crippen LogP contribution in [0, 0.1) is 0 Å². The van der Waals surface area contributed by atoms with Gasteiger partial charge in [0.1, 0.15) is 0 Å². The number of rotatable bonds is 2. The maximum Gasteiger partial charge on any atom is 0.156 e. The number of hydrogen-bond donors (Lipinski definition) is 2. The smallest absolute Gasteiger partial charge is 0.156 e. The highest BCUT2D eigenvalue weighted by Gasteiger charge is 1.92. The van der Waals surface area contributed by atoms with Gasteiger partial charge in [0.2, 0.25) is 0 Å². The predicted molar refractivity (Wildman–Crippen MR) is 40.2 cm³/mol. The normalized spacial score (nSPS) is 11.7. The van der Waals surface area contributed by atoms with Crippen molar-refractivity contribution in [1.82, 2.24) is 4.13 Å². The van der Waals surface area contributed by atoms with Crippen LogP contribution in [0.4, 0.5) is 4.39 Å². The van der Waals surface area contributed by atoms with Crippen molar-refractivity contribution in [2.45, 2.75) is 0 Å². The summed E-state index contributed by atoms with van der Waals surface area (Å²) < 4.78 is 13.7. The zero-order chi connectivity index (χ0) is 5.91. The molecule has 7 heavy (non-hydrogen) atoms. The van der Waals surface area contributed by atoms with Crippen LogP contribution >= 0.6 is 12.8 Å². The van der Waals surface area contributed by atoms with Crippen LogP contribution in [0.2, 0.25) is 0 Å². The van der Waals surface area contributed by atoms with E-state index in [1.807, 2.05) is 0 Å². The molecule has 0 spiro atoms. The monoisotopic (exact) mass is 177 g/mol. The van der Waals surface area contributed by atoms with Crippen molar-refractivity contribution in [3.63, 3.8) is 0 Å². The van der Waals surface area contributed by atoms with Crippen LogP contribution in [-0.4, -0.2) is 6.01 Å². The SMILES string of the molecule is FCS(=S)(=S)NS. The van der Waals surface area contributed by atoms with Gasteiger partial charge in [0.25, 0.3) is 0 Å². The minimum Gasteiger partial charge on any atom is -0.237 e. The molecule has 0 unspecified atom stereocenters. The number of nitrogens with one attached hydrogen (secondary N) is 1. The first-order valence-corrected chi connectivity index (χ1v) is 5.42. The second-order valence-corrected chi connectivity index (χ2v) is 7.04. The second kappa shape index (κ2) is 3.13. The third-order valence-electron chi connectivity index (χ3n) is 0.283. The van der Waals surface area contributed by atoms with E-state index in [-0.39, 0.29) is 0 Å². The number of alkyl halides is 1. The first-order chi connectivity index (χ1) is 3.12. The predicted octanol–water partition coefficient (Wildman–Crippen LogP) is 0.341. The van der Waals surface area contributed by atoms with Crippen molar-refractivity contribution in [3.05, 3.63) is 0 Å². The first kappa shape index (κ1) is 8.03. The lowest BCUT2D eigenvalue weighted by atomic mass is 11.8. The van der Waals surface area contributed by atoms with Gasteiger partial charge in [-0.2, -0.15) is 0 Å². The molecule has 0 aliphatic carbocycles. The molecule has 44 valence electrons. The van der Waals surface area contributed by atoms with Gasteiger partial charge >= 0.3 is 0 Å². The molecular formula is CH4FNS4. The Morgan fingerprint density at radius 3 is 2.14 bits per heavy atom. The van der Waals surface area contributed by atoms with Crippen molar-refractivity contribution >= 4 is 42.5 Å². The van der Waals surface area contributed by atoms with E-state index in [1.54, 1.807) is 0 Å². The first-order valence-electron chi connectivity index (χ1n) is 1.32. The largest absolute Gasteiger partial charge is 0.237 e. The van der Waals surface area contributed by atoms with Crippen LogP contribution in [0.5, 0.6) is 0 Å². The Kier molecular flexibility index (Phi) is 3.60. The third kappa shape index (κ3) is 3.60. The Hall–Kier alpha value is 1.03. The number of thiol groups is 1. The maximum absolute atomic E-state index is 11.5. The molecule has 0 saturated heterocycles. The Morgan fingerprint density at radius 2 is 2.14 bits per heavy atom. The zero-order valence-electron chi connectivity index (χ0n) is 3.26. The summed E-state index contributed by atoms with van der Waals surface area (Å²) in [4.78, 5) is 0. The minimum atomic E-state index is -2.04. The summed E-state index contributed by atoms with van der Waals surface area (Å²) in [5.74, 6) is 0. The summed E-state index contributed by atoms with van der Waals surface area (Å²) in [6.45, 7) is 0. The van der Waals surface area contributed by atoms with Crippen molar-refractivity contribution < 1.29 is 4.39 Å². The minimum absolute atomic E-state index is 0.679. The Bertz CT molecular complexity index is 115. The molecular weight excluding hydrogens is 173 g/mol. The van der Waals surface area contributed by atoms with Gasteiger partial charge in [-0.25, -0.2) is 8.52 Å². The molecule has 0 aliphatic rings. The fraction of sp³-hybridized carbons (Fsp3) is 1.00. The van der Waals surface area contributed by atoms with Crippen molar-refractivity contribution in [1.29, 1.82) is 0 Å². The Morgan fingerprint density at radius 1 is 1.71 bits per heavy atom. The average molecular weight is 177 g/mol. The van der Waals surface area contributed by atoms with E-state index in [2.05, 4.69) is 39.3 Å². The van der Waals surface area contributed by atoms with Crippen LogP contribution in [0.3, 0.4) is 0 Å². The highest BCUT2D eigenvalue weighted by molar-refractivity contribution is 8.56. The average Bonchev–Trinajstić information content (AvgIpc) is 1.68. The molecule has 0 fully saturated rings. The van der Waals surface area contributed by atoms with Crippen molar-refractivity contribution in [2.75, 3.05) is 6.01 Å². The van der Waals surface area contributed by atoms with Crippen molar-refractivity contribution in [2.24, 2.45) is 0 Å². The number of halogens is 1. The zero-order valence-corrected chi connectivity index (χ0v) is 6.60. The van der Waals surface area contributed by atoms with Crippen LogP contribution < -0.4 is 4.13 Å². The second-order valence-electron chi connectivity index (χ2n) is 0.815. The molecule has 0 bridgehead atoms. The topological polar surface area (TPSA) is 12.0 Å². The van der Waals surface area contributed by atoms with E-state index in [0.717, 1.165) is 0 Å². The molecule has 0 aliphatic heterocycles. The van der Waals surface area contributed by atoms with Gasteiger partial charge in [0, 0.05) is 7.33 Å². The molecule has 0 atom stereocenters. The standard InChI is InChI=1S/CH4FNS4/c2-1-7(5,6)3-4/h3-4H,1H2. The van der Waals surface area contributed by atoms with Crippen LogP contribution in [0.15, 0.2) is 0 Å². The van der Waals surface area contributed by atoms with Crippen molar-refractivity contribution in [3.8, 4) is 0 Å². The fourth-order valence-electron chi connectivity index (χ4n) is 0.0244. The van der Waals surface area contributed by atoms with Gasteiger partial charge < -0.3 is 0 Å². The molecule has 1 N–H and O–H groups in total. The van der Waals surface area contributed by atoms with E-state index in [0.29, 0.717) is 0 Å². The summed E-state index contributed by atoms with van der Waals surface area (Å²) in [7, 11) is -2.04. The summed E-state index contributed by atoms with van der Waals surface area (Å²) in [6, 6.07) is -0.679.